The third-order valence-electron chi connectivity index (χ3n) is 1.56. The van der Waals surface area contributed by atoms with Crippen molar-refractivity contribution in [1.82, 2.24) is 0 Å². The van der Waals surface area contributed by atoms with Gasteiger partial charge in [0.15, 0.2) is 0 Å². The van der Waals surface area contributed by atoms with E-state index in [0.29, 0.717) is 6.61 Å². The standard InChI is InChI=1S/C11H11BrO2/c1-9(13)14-8-2-3-10-4-6-11(12)7-5-10/h2-7H,8H2,1H3/b3-2+. The van der Waals surface area contributed by atoms with Crippen LogP contribution in [0.5, 0.6) is 0 Å². The lowest BCUT2D eigenvalue weighted by Gasteiger charge is -1.95. The Morgan fingerprint density at radius 3 is 2.64 bits per heavy atom. The molecule has 0 aliphatic rings. The van der Waals surface area contributed by atoms with Crippen molar-refractivity contribution in [3.8, 4) is 0 Å². The first-order valence-corrected chi connectivity index (χ1v) is 5.03. The summed E-state index contributed by atoms with van der Waals surface area (Å²) in [5.41, 5.74) is 1.08. The number of ether oxygens (including phenoxy) is 1. The molecule has 0 amide bonds. The Hall–Kier alpha value is -1.09. The highest BCUT2D eigenvalue weighted by molar-refractivity contribution is 9.10. The van der Waals surface area contributed by atoms with Crippen LogP contribution in [-0.4, -0.2) is 12.6 Å². The highest BCUT2D eigenvalue weighted by Gasteiger charge is 1.89. The Labute approximate surface area is 91.7 Å². The molecule has 0 aromatic heterocycles. The van der Waals surface area contributed by atoms with Crippen LogP contribution in [0.15, 0.2) is 34.8 Å². The molecule has 0 fully saturated rings. The molecular weight excluding hydrogens is 244 g/mol. The van der Waals surface area contributed by atoms with Crippen molar-refractivity contribution in [2.24, 2.45) is 0 Å². The van der Waals surface area contributed by atoms with Crippen molar-refractivity contribution >= 4 is 28.0 Å². The minimum absolute atomic E-state index is 0.259. The van der Waals surface area contributed by atoms with Gasteiger partial charge in [0, 0.05) is 11.4 Å². The van der Waals surface area contributed by atoms with E-state index in [2.05, 4.69) is 15.9 Å². The number of benzene rings is 1. The molecule has 0 aliphatic carbocycles. The zero-order valence-electron chi connectivity index (χ0n) is 7.87. The molecule has 0 saturated carbocycles. The van der Waals surface area contributed by atoms with E-state index in [1.807, 2.05) is 36.4 Å². The number of carbonyl (C=O) groups excluding carboxylic acids is 1. The summed E-state index contributed by atoms with van der Waals surface area (Å²) < 4.78 is 5.80. The van der Waals surface area contributed by atoms with Gasteiger partial charge in [0.2, 0.25) is 0 Å². The molecule has 0 bridgehead atoms. The molecule has 3 heteroatoms. The highest BCUT2D eigenvalue weighted by atomic mass is 79.9. The number of hydrogen-bond acceptors (Lipinski definition) is 2. The van der Waals surface area contributed by atoms with Gasteiger partial charge in [0.25, 0.3) is 0 Å². The molecule has 1 aromatic rings. The predicted molar refractivity (Wildman–Crippen MR) is 59.8 cm³/mol. The average molecular weight is 255 g/mol. The molecule has 0 spiro atoms. The molecule has 1 rings (SSSR count). The van der Waals surface area contributed by atoms with Gasteiger partial charge in [0.05, 0.1) is 0 Å². The largest absolute Gasteiger partial charge is 0.462 e. The van der Waals surface area contributed by atoms with Crippen LogP contribution in [0.3, 0.4) is 0 Å². The summed E-state index contributed by atoms with van der Waals surface area (Å²) in [7, 11) is 0. The van der Waals surface area contributed by atoms with Crippen molar-refractivity contribution in [2.75, 3.05) is 6.61 Å². The first-order valence-electron chi connectivity index (χ1n) is 4.24. The first kappa shape index (κ1) is 11.0. The van der Waals surface area contributed by atoms with Gasteiger partial charge in [-0.3, -0.25) is 4.79 Å². The maximum Gasteiger partial charge on any atom is 0.302 e. The van der Waals surface area contributed by atoms with Crippen molar-refractivity contribution in [1.29, 1.82) is 0 Å². The van der Waals surface area contributed by atoms with Crippen molar-refractivity contribution in [3.05, 3.63) is 40.4 Å². The van der Waals surface area contributed by atoms with Gasteiger partial charge >= 0.3 is 5.97 Å². The Bertz CT molecular complexity index is 328. The summed E-state index contributed by atoms with van der Waals surface area (Å²) in [6.45, 7) is 1.72. The number of halogens is 1. The highest BCUT2D eigenvalue weighted by Crippen LogP contribution is 2.11. The molecule has 0 radical (unpaired) electrons. The SMILES string of the molecule is CC(=O)OC/C=C/c1ccc(Br)cc1. The Morgan fingerprint density at radius 2 is 2.07 bits per heavy atom. The average Bonchev–Trinajstić information content (AvgIpc) is 2.15. The maximum absolute atomic E-state index is 10.4. The van der Waals surface area contributed by atoms with Crippen molar-refractivity contribution < 1.29 is 9.53 Å². The lowest BCUT2D eigenvalue weighted by Crippen LogP contribution is -1.97. The normalized spacial score (nSPS) is 10.4. The number of rotatable bonds is 3. The lowest BCUT2D eigenvalue weighted by atomic mass is 10.2. The predicted octanol–water partition coefficient (Wildman–Crippen LogP) is 3.03. The second-order valence-corrected chi connectivity index (χ2v) is 3.67. The van der Waals surface area contributed by atoms with Crippen LogP contribution in [-0.2, 0) is 9.53 Å². The fourth-order valence-corrected chi connectivity index (χ4v) is 1.19. The number of hydrogen-bond donors (Lipinski definition) is 0. The van der Waals surface area contributed by atoms with E-state index in [1.54, 1.807) is 0 Å². The van der Waals surface area contributed by atoms with Crippen LogP contribution in [0.25, 0.3) is 6.08 Å². The fourth-order valence-electron chi connectivity index (χ4n) is 0.924. The van der Waals surface area contributed by atoms with E-state index < -0.39 is 0 Å². The van der Waals surface area contributed by atoms with E-state index in [-0.39, 0.29) is 5.97 Å². The molecule has 0 aliphatic heterocycles. The van der Waals surface area contributed by atoms with Crippen LogP contribution in [0.2, 0.25) is 0 Å². The van der Waals surface area contributed by atoms with Crippen LogP contribution in [0, 0.1) is 0 Å². The molecule has 14 heavy (non-hydrogen) atoms. The topological polar surface area (TPSA) is 26.3 Å². The van der Waals surface area contributed by atoms with Gasteiger partial charge in [-0.25, -0.2) is 0 Å². The molecule has 0 saturated heterocycles. The minimum atomic E-state index is -0.259. The second-order valence-electron chi connectivity index (χ2n) is 2.76. The molecule has 0 heterocycles. The van der Waals surface area contributed by atoms with Gasteiger partial charge in [-0.1, -0.05) is 34.1 Å². The Kier molecular flexibility index (Phi) is 4.40. The monoisotopic (exact) mass is 254 g/mol. The van der Waals surface area contributed by atoms with Crippen LogP contribution in [0.1, 0.15) is 12.5 Å². The summed E-state index contributed by atoms with van der Waals surface area (Å²) in [6.07, 6.45) is 3.72. The third-order valence-corrected chi connectivity index (χ3v) is 2.09. The lowest BCUT2D eigenvalue weighted by molar-refractivity contribution is -0.139. The number of carbonyl (C=O) groups is 1. The summed E-state index contributed by atoms with van der Waals surface area (Å²) in [6, 6.07) is 7.89. The van der Waals surface area contributed by atoms with E-state index in [1.165, 1.54) is 6.92 Å². The molecule has 0 unspecified atom stereocenters. The molecular formula is C11H11BrO2. The Morgan fingerprint density at radius 1 is 1.43 bits per heavy atom. The van der Waals surface area contributed by atoms with Gasteiger partial charge in [0.1, 0.15) is 6.61 Å². The molecule has 74 valence electrons. The van der Waals surface area contributed by atoms with Crippen LogP contribution in [0.4, 0.5) is 0 Å². The van der Waals surface area contributed by atoms with Gasteiger partial charge < -0.3 is 4.74 Å². The van der Waals surface area contributed by atoms with E-state index in [0.717, 1.165) is 10.0 Å². The zero-order valence-corrected chi connectivity index (χ0v) is 9.45. The maximum atomic E-state index is 10.4. The zero-order chi connectivity index (χ0) is 10.4. The number of esters is 1. The molecule has 0 N–H and O–H groups in total. The minimum Gasteiger partial charge on any atom is -0.462 e. The quantitative estimate of drug-likeness (QED) is 0.776. The van der Waals surface area contributed by atoms with Crippen LogP contribution >= 0.6 is 15.9 Å². The molecule has 0 atom stereocenters. The molecule has 2 nitrogen and oxygen atoms in total. The van der Waals surface area contributed by atoms with Crippen molar-refractivity contribution in [3.63, 3.8) is 0 Å². The van der Waals surface area contributed by atoms with E-state index in [4.69, 9.17) is 4.74 Å². The van der Waals surface area contributed by atoms with E-state index >= 15 is 0 Å². The Balaban J connectivity index is 2.44. The summed E-state index contributed by atoms with van der Waals surface area (Å²) in [5, 5.41) is 0. The summed E-state index contributed by atoms with van der Waals surface area (Å²) >= 11 is 3.35. The smallest absolute Gasteiger partial charge is 0.302 e. The fraction of sp³-hybridized carbons (Fsp3) is 0.182. The van der Waals surface area contributed by atoms with Gasteiger partial charge in [-0.15, -0.1) is 0 Å². The van der Waals surface area contributed by atoms with Gasteiger partial charge in [-0.05, 0) is 23.8 Å². The summed E-state index contributed by atoms with van der Waals surface area (Å²) in [5.74, 6) is -0.259. The second kappa shape index (κ2) is 5.60. The van der Waals surface area contributed by atoms with Gasteiger partial charge in [-0.2, -0.15) is 0 Å². The summed E-state index contributed by atoms with van der Waals surface area (Å²) in [4.78, 5) is 10.4. The van der Waals surface area contributed by atoms with E-state index in [9.17, 15) is 4.79 Å². The van der Waals surface area contributed by atoms with Crippen molar-refractivity contribution in [2.45, 2.75) is 6.92 Å². The molecule has 1 aromatic carbocycles. The third kappa shape index (κ3) is 4.23. The van der Waals surface area contributed by atoms with Crippen LogP contribution < -0.4 is 0 Å². The first-order chi connectivity index (χ1) is 6.68.